The first-order chi connectivity index (χ1) is 17.0. The van der Waals surface area contributed by atoms with E-state index in [0.717, 1.165) is 23.4 Å². The first kappa shape index (κ1) is 23.8. The summed E-state index contributed by atoms with van der Waals surface area (Å²) in [5, 5.41) is 7.25. The lowest BCUT2D eigenvalue weighted by Crippen LogP contribution is -2.26. The highest BCUT2D eigenvalue weighted by atomic mass is 19.1. The molecule has 2 aromatic heterocycles. The molecule has 1 amide bonds. The SMILES string of the molecule is CN(CCCc1cc(-c2ccc(F)cc2)n[nH]1)C(=O)/C=C/c1ccc(Oc2cccnc2)c(F)c1. The van der Waals surface area contributed by atoms with Gasteiger partial charge < -0.3 is 9.64 Å². The summed E-state index contributed by atoms with van der Waals surface area (Å²) in [7, 11) is 1.72. The lowest BCUT2D eigenvalue weighted by Gasteiger charge is -2.14. The molecule has 4 aromatic rings. The number of ether oxygens (including phenoxy) is 1. The summed E-state index contributed by atoms with van der Waals surface area (Å²) in [5.41, 5.74) is 3.06. The van der Waals surface area contributed by atoms with Gasteiger partial charge in [0.15, 0.2) is 11.6 Å². The third-order valence-corrected chi connectivity index (χ3v) is 5.32. The third kappa shape index (κ3) is 6.60. The van der Waals surface area contributed by atoms with Crippen molar-refractivity contribution in [3.05, 3.63) is 102 Å². The van der Waals surface area contributed by atoms with E-state index < -0.39 is 5.82 Å². The number of halogens is 2. The zero-order chi connectivity index (χ0) is 24.6. The van der Waals surface area contributed by atoms with Gasteiger partial charge in [-0.1, -0.05) is 6.07 Å². The molecule has 0 aliphatic rings. The second-order valence-electron chi connectivity index (χ2n) is 7.96. The van der Waals surface area contributed by atoms with Gasteiger partial charge in [-0.2, -0.15) is 5.10 Å². The van der Waals surface area contributed by atoms with Crippen LogP contribution in [-0.2, 0) is 11.2 Å². The van der Waals surface area contributed by atoms with Crippen molar-refractivity contribution in [1.82, 2.24) is 20.1 Å². The Labute approximate surface area is 201 Å². The monoisotopic (exact) mass is 474 g/mol. The molecule has 0 bridgehead atoms. The zero-order valence-electron chi connectivity index (χ0n) is 19.1. The molecule has 8 heteroatoms. The van der Waals surface area contributed by atoms with Crippen LogP contribution in [0.1, 0.15) is 17.7 Å². The van der Waals surface area contributed by atoms with Crippen LogP contribution < -0.4 is 4.74 Å². The van der Waals surface area contributed by atoms with E-state index in [2.05, 4.69) is 15.2 Å². The van der Waals surface area contributed by atoms with Crippen molar-refractivity contribution in [1.29, 1.82) is 0 Å². The van der Waals surface area contributed by atoms with E-state index in [1.807, 2.05) is 6.07 Å². The van der Waals surface area contributed by atoms with E-state index >= 15 is 0 Å². The van der Waals surface area contributed by atoms with Crippen LogP contribution in [-0.4, -0.2) is 39.6 Å². The van der Waals surface area contributed by atoms with Crippen molar-refractivity contribution >= 4 is 12.0 Å². The molecule has 0 saturated carbocycles. The van der Waals surface area contributed by atoms with E-state index in [1.165, 1.54) is 36.5 Å². The van der Waals surface area contributed by atoms with Crippen LogP contribution in [0.4, 0.5) is 8.78 Å². The summed E-state index contributed by atoms with van der Waals surface area (Å²) in [5.74, 6) is -0.481. The number of hydrogen-bond acceptors (Lipinski definition) is 4. The summed E-state index contributed by atoms with van der Waals surface area (Å²) < 4.78 is 32.9. The predicted octanol–water partition coefficient (Wildman–Crippen LogP) is 5.65. The number of aryl methyl sites for hydroxylation is 1. The fourth-order valence-electron chi connectivity index (χ4n) is 3.41. The average Bonchev–Trinajstić information content (AvgIpc) is 3.34. The molecule has 0 atom stereocenters. The van der Waals surface area contributed by atoms with E-state index in [9.17, 15) is 13.6 Å². The topological polar surface area (TPSA) is 71.1 Å². The Bertz CT molecular complexity index is 1300. The van der Waals surface area contributed by atoms with Crippen molar-refractivity contribution in [2.24, 2.45) is 0 Å². The number of H-pyrrole nitrogens is 1. The molecule has 1 N–H and O–H groups in total. The van der Waals surface area contributed by atoms with Gasteiger partial charge in [0.2, 0.25) is 5.91 Å². The second-order valence-corrected chi connectivity index (χ2v) is 7.96. The predicted molar refractivity (Wildman–Crippen MR) is 130 cm³/mol. The van der Waals surface area contributed by atoms with Crippen molar-refractivity contribution in [2.75, 3.05) is 13.6 Å². The molecule has 4 rings (SSSR count). The van der Waals surface area contributed by atoms with Gasteiger partial charge in [0.1, 0.15) is 11.6 Å². The number of hydrogen-bond donors (Lipinski definition) is 1. The average molecular weight is 475 g/mol. The molecule has 0 aliphatic heterocycles. The second kappa shape index (κ2) is 11.2. The summed E-state index contributed by atoms with van der Waals surface area (Å²) in [6, 6.07) is 16.0. The van der Waals surface area contributed by atoms with Gasteiger partial charge in [0.25, 0.3) is 0 Å². The zero-order valence-corrected chi connectivity index (χ0v) is 19.1. The quantitative estimate of drug-likeness (QED) is 0.319. The Morgan fingerprint density at radius 3 is 2.69 bits per heavy atom. The molecule has 0 spiro atoms. The summed E-state index contributed by atoms with van der Waals surface area (Å²) in [6.45, 7) is 0.542. The molecule has 0 radical (unpaired) electrons. The van der Waals surface area contributed by atoms with E-state index in [4.69, 9.17) is 4.74 Å². The minimum atomic E-state index is -0.531. The number of benzene rings is 2. The molecule has 0 saturated heterocycles. The molecule has 0 aliphatic carbocycles. The van der Waals surface area contributed by atoms with Crippen LogP contribution in [0.2, 0.25) is 0 Å². The third-order valence-electron chi connectivity index (χ3n) is 5.32. The maximum Gasteiger partial charge on any atom is 0.246 e. The Hall–Kier alpha value is -4.33. The number of rotatable bonds is 9. The number of nitrogens with one attached hydrogen (secondary N) is 1. The normalized spacial score (nSPS) is 11.1. The molecule has 0 fully saturated rings. The lowest BCUT2D eigenvalue weighted by atomic mass is 10.1. The van der Waals surface area contributed by atoms with Gasteiger partial charge in [0, 0.05) is 37.1 Å². The van der Waals surface area contributed by atoms with Crippen molar-refractivity contribution in [3.63, 3.8) is 0 Å². The number of aromatic amines is 1. The van der Waals surface area contributed by atoms with Crippen molar-refractivity contribution < 1.29 is 18.3 Å². The van der Waals surface area contributed by atoms with E-state index in [0.29, 0.717) is 24.3 Å². The largest absolute Gasteiger partial charge is 0.453 e. The Balaban J connectivity index is 1.26. The van der Waals surface area contributed by atoms with Crippen LogP contribution in [0.5, 0.6) is 11.5 Å². The lowest BCUT2D eigenvalue weighted by molar-refractivity contribution is -0.124. The highest BCUT2D eigenvalue weighted by Gasteiger charge is 2.09. The van der Waals surface area contributed by atoms with Gasteiger partial charge in [-0.15, -0.1) is 0 Å². The molecule has 2 heterocycles. The standard InChI is InChI=1S/C27H24F2N4O2/c1-33(15-3-4-22-17-25(32-31-22)20-8-10-21(28)11-9-20)27(34)13-7-19-6-12-26(24(29)16-19)35-23-5-2-14-30-18-23/h2,5-14,16-18H,3-4,15H2,1H3,(H,31,32)/b13-7+. The number of nitrogens with zero attached hydrogens (tertiary/aromatic N) is 3. The number of carbonyl (C=O) groups excluding carboxylic acids is 1. The summed E-state index contributed by atoms with van der Waals surface area (Å²) in [6.07, 6.45) is 7.53. The number of amides is 1. The van der Waals surface area contributed by atoms with E-state index in [1.54, 1.807) is 54.6 Å². The van der Waals surface area contributed by atoms with Crippen LogP contribution in [0.25, 0.3) is 17.3 Å². The first-order valence-electron chi connectivity index (χ1n) is 11.1. The van der Waals surface area contributed by atoms with Gasteiger partial charge >= 0.3 is 0 Å². The Morgan fingerprint density at radius 2 is 1.94 bits per heavy atom. The van der Waals surface area contributed by atoms with Gasteiger partial charge in [-0.05, 0) is 79.1 Å². The molecule has 0 unspecified atom stereocenters. The van der Waals surface area contributed by atoms with Crippen LogP contribution in [0.3, 0.4) is 0 Å². The van der Waals surface area contributed by atoms with Crippen LogP contribution in [0.15, 0.2) is 79.1 Å². The minimum absolute atomic E-state index is 0.0833. The molecular weight excluding hydrogens is 450 g/mol. The highest BCUT2D eigenvalue weighted by Crippen LogP contribution is 2.25. The van der Waals surface area contributed by atoms with Gasteiger partial charge in [-0.25, -0.2) is 8.78 Å². The Morgan fingerprint density at radius 1 is 1.11 bits per heavy atom. The molecular formula is C27H24F2N4O2. The molecule has 178 valence electrons. The summed E-state index contributed by atoms with van der Waals surface area (Å²) >= 11 is 0. The van der Waals surface area contributed by atoms with Gasteiger partial charge in [-0.3, -0.25) is 14.9 Å². The number of pyridine rings is 1. The fourth-order valence-corrected chi connectivity index (χ4v) is 3.41. The first-order valence-corrected chi connectivity index (χ1v) is 11.1. The smallest absolute Gasteiger partial charge is 0.246 e. The minimum Gasteiger partial charge on any atom is -0.453 e. The molecule has 2 aromatic carbocycles. The van der Waals surface area contributed by atoms with Crippen molar-refractivity contribution in [3.8, 4) is 22.8 Å². The number of aromatic nitrogens is 3. The maximum absolute atomic E-state index is 14.4. The van der Waals surface area contributed by atoms with Gasteiger partial charge in [0.05, 0.1) is 11.9 Å². The highest BCUT2D eigenvalue weighted by molar-refractivity contribution is 5.91. The Kier molecular flexibility index (Phi) is 7.62. The number of likely N-dealkylation sites (N-methyl/N-ethyl adjacent to an activating group) is 1. The van der Waals surface area contributed by atoms with E-state index in [-0.39, 0.29) is 17.5 Å². The molecule has 35 heavy (non-hydrogen) atoms. The summed E-state index contributed by atoms with van der Waals surface area (Å²) in [4.78, 5) is 18.0. The van der Waals surface area contributed by atoms with Crippen LogP contribution >= 0.6 is 0 Å². The molecule has 6 nitrogen and oxygen atoms in total. The fraction of sp³-hybridized carbons (Fsp3) is 0.148. The van der Waals surface area contributed by atoms with Crippen molar-refractivity contribution in [2.45, 2.75) is 12.8 Å². The van der Waals surface area contributed by atoms with Crippen LogP contribution in [0, 0.1) is 11.6 Å². The maximum atomic E-state index is 14.4. The number of carbonyl (C=O) groups is 1.